The van der Waals surface area contributed by atoms with E-state index in [0.29, 0.717) is 16.8 Å². The number of alkyl halides is 3. The number of hydrogen-bond acceptors (Lipinski definition) is 5. The van der Waals surface area contributed by atoms with Crippen molar-refractivity contribution in [3.63, 3.8) is 0 Å². The number of hydrogen-bond donors (Lipinski definition) is 0. The molecule has 0 aliphatic carbocycles. The smallest absolute Gasteiger partial charge is 0.406 e. The molecule has 2 aliphatic rings. The van der Waals surface area contributed by atoms with Crippen molar-refractivity contribution < 1.29 is 31.1 Å². The summed E-state index contributed by atoms with van der Waals surface area (Å²) in [5.41, 5.74) is 1.03. The maximum atomic E-state index is 13.1. The zero-order valence-electron chi connectivity index (χ0n) is 16.1. The molecular weight excluding hydrogens is 423 g/mol. The van der Waals surface area contributed by atoms with Gasteiger partial charge in [0, 0.05) is 31.5 Å². The third-order valence-corrected chi connectivity index (χ3v) is 7.30. The van der Waals surface area contributed by atoms with Crippen molar-refractivity contribution in [2.24, 2.45) is 0 Å². The Morgan fingerprint density at radius 2 is 1.83 bits per heavy atom. The van der Waals surface area contributed by atoms with Crippen LogP contribution in [0, 0.1) is 6.92 Å². The number of ether oxygens (including phenoxy) is 1. The number of fused-ring (bicyclic) bond motifs is 3. The van der Waals surface area contributed by atoms with E-state index in [2.05, 4.69) is 9.72 Å². The van der Waals surface area contributed by atoms with Gasteiger partial charge in [-0.25, -0.2) is 8.42 Å². The summed E-state index contributed by atoms with van der Waals surface area (Å²) < 4.78 is 68.3. The van der Waals surface area contributed by atoms with E-state index in [4.69, 9.17) is 0 Å². The summed E-state index contributed by atoms with van der Waals surface area (Å²) in [6.45, 7) is 3.89. The number of carbonyl (C=O) groups is 1. The van der Waals surface area contributed by atoms with Gasteiger partial charge in [0.1, 0.15) is 5.75 Å². The first-order chi connectivity index (χ1) is 13.9. The van der Waals surface area contributed by atoms with E-state index in [1.807, 2.05) is 0 Å². The summed E-state index contributed by atoms with van der Waals surface area (Å²) in [7, 11) is -3.99. The second-order valence-corrected chi connectivity index (χ2v) is 9.40. The van der Waals surface area contributed by atoms with Crippen molar-refractivity contribution in [1.82, 2.24) is 14.2 Å². The molecule has 1 aromatic carbocycles. The third kappa shape index (κ3) is 3.31. The van der Waals surface area contributed by atoms with Crippen LogP contribution < -0.4 is 4.74 Å². The number of aryl methyl sites for hydroxylation is 1. The number of benzene rings is 1. The molecule has 11 heteroatoms. The number of aromatic nitrogens is 1. The molecule has 7 nitrogen and oxygen atoms in total. The Hall–Kier alpha value is -2.66. The van der Waals surface area contributed by atoms with E-state index in [1.54, 1.807) is 24.8 Å². The molecule has 1 amide bonds. The van der Waals surface area contributed by atoms with Crippen molar-refractivity contribution in [2.75, 3.05) is 19.6 Å². The fourth-order valence-corrected chi connectivity index (χ4v) is 5.53. The predicted molar refractivity (Wildman–Crippen MR) is 99.2 cm³/mol. The van der Waals surface area contributed by atoms with Crippen LogP contribution in [0.2, 0.25) is 0 Å². The molecule has 1 atom stereocenters. The second-order valence-electron chi connectivity index (χ2n) is 7.46. The van der Waals surface area contributed by atoms with Gasteiger partial charge in [-0.05, 0) is 49.7 Å². The zero-order chi connectivity index (χ0) is 21.9. The van der Waals surface area contributed by atoms with Crippen LogP contribution >= 0.6 is 0 Å². The molecular formula is C19H18F3N3O4S. The van der Waals surface area contributed by atoms with Crippen LogP contribution in [0.4, 0.5) is 13.2 Å². The molecule has 160 valence electrons. The number of sulfonamides is 1. The van der Waals surface area contributed by atoms with Crippen molar-refractivity contribution in [2.45, 2.75) is 30.6 Å². The Morgan fingerprint density at radius 1 is 1.17 bits per heavy atom. The van der Waals surface area contributed by atoms with E-state index in [1.165, 1.54) is 10.5 Å². The van der Waals surface area contributed by atoms with Crippen LogP contribution in [0.3, 0.4) is 0 Å². The topological polar surface area (TPSA) is 79.8 Å². The molecule has 4 rings (SSSR count). The minimum absolute atomic E-state index is 0.0261. The van der Waals surface area contributed by atoms with E-state index < -0.39 is 27.7 Å². The molecule has 2 aromatic rings. The number of nitrogens with zero attached hydrogens (tertiary/aromatic N) is 3. The third-order valence-electron chi connectivity index (χ3n) is 5.44. The highest BCUT2D eigenvalue weighted by molar-refractivity contribution is 7.89. The van der Waals surface area contributed by atoms with Crippen molar-refractivity contribution in [3.05, 3.63) is 53.3 Å². The summed E-state index contributed by atoms with van der Waals surface area (Å²) in [5.74, 6) is -0.692. The van der Waals surface area contributed by atoms with Gasteiger partial charge in [0.2, 0.25) is 10.0 Å². The minimum atomic E-state index is -4.86. The van der Waals surface area contributed by atoms with E-state index in [9.17, 15) is 26.4 Å². The molecule has 0 saturated carbocycles. The van der Waals surface area contributed by atoms with Crippen LogP contribution in [0.1, 0.15) is 28.5 Å². The van der Waals surface area contributed by atoms with Crippen molar-refractivity contribution in [3.8, 4) is 5.75 Å². The minimum Gasteiger partial charge on any atom is -0.406 e. The van der Waals surface area contributed by atoms with Crippen LogP contribution in [0.5, 0.6) is 5.75 Å². The lowest BCUT2D eigenvalue weighted by atomic mass is 9.90. The van der Waals surface area contributed by atoms with Crippen LogP contribution in [0.15, 0.2) is 41.4 Å². The molecule has 0 spiro atoms. The second kappa shape index (κ2) is 6.67. The average Bonchev–Trinajstić information content (AvgIpc) is 2.87. The molecule has 0 N–H and O–H groups in total. The highest BCUT2D eigenvalue weighted by atomic mass is 32.2. The number of pyridine rings is 1. The molecule has 1 aromatic heterocycles. The lowest BCUT2D eigenvalue weighted by Gasteiger charge is -2.44. The van der Waals surface area contributed by atoms with Gasteiger partial charge in [-0.3, -0.25) is 9.78 Å². The Labute approximate surface area is 171 Å². The van der Waals surface area contributed by atoms with Crippen molar-refractivity contribution in [1.29, 1.82) is 0 Å². The van der Waals surface area contributed by atoms with Gasteiger partial charge in [0.25, 0.3) is 5.91 Å². The van der Waals surface area contributed by atoms with Crippen molar-refractivity contribution >= 4 is 15.9 Å². The number of piperazine rings is 1. The fourth-order valence-electron chi connectivity index (χ4n) is 4.01. The summed E-state index contributed by atoms with van der Waals surface area (Å²) in [5, 5.41) is 0. The first-order valence-electron chi connectivity index (χ1n) is 9.07. The maximum Gasteiger partial charge on any atom is 0.573 e. The molecule has 0 radical (unpaired) electrons. The standard InChI is InChI=1S/C19H18F3N3O4S/c1-12-9-16-15(10-23-12)17(26)25-8-7-24(11-18(16,25)2)30(27,28)14-5-3-13(4-6-14)29-19(20,21)22/h3-6,9-10H,7-8,11H2,1-2H3. The van der Waals surface area contributed by atoms with Gasteiger partial charge in [-0.1, -0.05) is 0 Å². The lowest BCUT2D eigenvalue weighted by molar-refractivity contribution is -0.274. The highest BCUT2D eigenvalue weighted by Crippen LogP contribution is 2.42. The molecule has 3 heterocycles. The summed E-state index contributed by atoms with van der Waals surface area (Å²) in [6.07, 6.45) is -3.35. The summed E-state index contributed by atoms with van der Waals surface area (Å²) >= 11 is 0. The maximum absolute atomic E-state index is 13.1. The van der Waals surface area contributed by atoms with Crippen LogP contribution in [0.25, 0.3) is 0 Å². The highest BCUT2D eigenvalue weighted by Gasteiger charge is 2.51. The Balaban J connectivity index is 1.64. The van der Waals surface area contributed by atoms with E-state index in [-0.39, 0.29) is 30.4 Å². The number of amides is 1. The largest absolute Gasteiger partial charge is 0.573 e. The monoisotopic (exact) mass is 441 g/mol. The summed E-state index contributed by atoms with van der Waals surface area (Å²) in [4.78, 5) is 18.4. The first kappa shape index (κ1) is 20.6. The van der Waals surface area contributed by atoms with Crippen LogP contribution in [-0.4, -0.2) is 54.5 Å². The normalized spacial score (nSPS) is 22.0. The van der Waals surface area contributed by atoms with Gasteiger partial charge in [-0.15, -0.1) is 13.2 Å². The molecule has 0 bridgehead atoms. The molecule has 1 saturated heterocycles. The number of carbonyl (C=O) groups excluding carboxylic acids is 1. The lowest BCUT2D eigenvalue weighted by Crippen LogP contribution is -2.58. The van der Waals surface area contributed by atoms with Gasteiger partial charge in [0.05, 0.1) is 16.0 Å². The fraction of sp³-hybridized carbons (Fsp3) is 0.368. The Bertz CT molecular complexity index is 1120. The SMILES string of the molecule is Cc1cc2c(cn1)C(=O)N1CCN(S(=O)(=O)c3ccc(OC(F)(F)F)cc3)CC21C. The van der Waals surface area contributed by atoms with E-state index >= 15 is 0 Å². The molecule has 1 unspecified atom stereocenters. The van der Waals surface area contributed by atoms with Gasteiger partial charge >= 0.3 is 6.36 Å². The first-order valence-corrected chi connectivity index (χ1v) is 10.5. The predicted octanol–water partition coefficient (Wildman–Crippen LogP) is 2.66. The molecule has 30 heavy (non-hydrogen) atoms. The van der Waals surface area contributed by atoms with E-state index in [0.717, 1.165) is 24.3 Å². The van der Waals surface area contributed by atoms with Gasteiger partial charge in [0.15, 0.2) is 0 Å². The summed E-state index contributed by atoms with van der Waals surface area (Å²) in [6, 6.07) is 5.86. The van der Waals surface area contributed by atoms with Gasteiger partial charge < -0.3 is 9.64 Å². The zero-order valence-corrected chi connectivity index (χ0v) is 16.9. The Morgan fingerprint density at radius 3 is 2.47 bits per heavy atom. The average molecular weight is 441 g/mol. The molecule has 2 aliphatic heterocycles. The Kier molecular flexibility index (Phi) is 4.58. The van der Waals surface area contributed by atoms with Crippen LogP contribution in [-0.2, 0) is 15.6 Å². The quantitative estimate of drug-likeness (QED) is 0.732. The number of halogens is 3. The van der Waals surface area contributed by atoms with Gasteiger partial charge in [-0.2, -0.15) is 4.31 Å². The number of rotatable bonds is 3. The molecule has 1 fully saturated rings.